The number of nitrogens with zero attached hydrogens (tertiary/aromatic N) is 1. The van der Waals surface area contributed by atoms with Crippen molar-refractivity contribution in [3.8, 4) is 5.75 Å². The minimum atomic E-state index is -4.98. The van der Waals surface area contributed by atoms with Crippen LogP contribution in [0.2, 0.25) is 0 Å². The molecule has 1 rings (SSSR count). The van der Waals surface area contributed by atoms with Gasteiger partial charge in [0.05, 0.1) is 15.8 Å². The zero-order valence-electron chi connectivity index (χ0n) is 9.24. The second kappa shape index (κ2) is 6.00. The van der Waals surface area contributed by atoms with Gasteiger partial charge in [-0.2, -0.15) is 0 Å². The minimum absolute atomic E-state index is 0.121. The first kappa shape index (κ1) is 15.4. The normalized spacial score (nSPS) is 11.2. The van der Waals surface area contributed by atoms with Gasteiger partial charge in [0.2, 0.25) is 0 Å². The lowest BCUT2D eigenvalue weighted by molar-refractivity contribution is -0.385. The van der Waals surface area contributed by atoms with Crippen LogP contribution in [0.15, 0.2) is 18.2 Å². The Morgan fingerprint density at radius 1 is 1.42 bits per heavy atom. The van der Waals surface area contributed by atoms with Gasteiger partial charge in [0, 0.05) is 12.5 Å². The fourth-order valence-electron chi connectivity index (χ4n) is 1.37. The van der Waals surface area contributed by atoms with Crippen molar-refractivity contribution in [2.45, 2.75) is 12.8 Å². The van der Waals surface area contributed by atoms with E-state index >= 15 is 0 Å². The second-order valence-corrected chi connectivity index (χ2v) is 3.97. The smallest absolute Gasteiger partial charge is 0.405 e. The lowest BCUT2D eigenvalue weighted by Crippen LogP contribution is -2.19. The molecule has 0 saturated heterocycles. The van der Waals surface area contributed by atoms with Crippen molar-refractivity contribution in [1.82, 2.24) is 0 Å². The second-order valence-electron chi connectivity index (χ2n) is 3.41. The number of hydrogen-bond acceptors (Lipinski definition) is 4. The Hall–Kier alpha value is -1.64. The molecule has 1 aromatic rings. The van der Waals surface area contributed by atoms with E-state index in [2.05, 4.69) is 20.7 Å². The van der Waals surface area contributed by atoms with Gasteiger partial charge in [-0.15, -0.1) is 13.2 Å². The molecule has 1 aromatic carbocycles. The molecule has 0 unspecified atom stereocenters. The zero-order valence-corrected chi connectivity index (χ0v) is 10.8. The fourth-order valence-corrected chi connectivity index (χ4v) is 1.57. The molecule has 19 heavy (non-hydrogen) atoms. The number of carbonyl (C=O) groups is 1. The quantitative estimate of drug-likeness (QED) is 0.469. The first-order valence-corrected chi connectivity index (χ1v) is 5.96. The van der Waals surface area contributed by atoms with Crippen LogP contribution in [0.4, 0.5) is 18.9 Å². The summed E-state index contributed by atoms with van der Waals surface area (Å²) in [6.45, 7) is 0. The molecule has 0 amide bonds. The summed E-state index contributed by atoms with van der Waals surface area (Å²) in [5.74, 6) is -1.24. The number of halogens is 4. The number of ether oxygens (including phenoxy) is 1. The number of rotatable bonds is 5. The Labute approximate surface area is 113 Å². The topological polar surface area (TPSA) is 69.4 Å². The molecule has 0 radical (unpaired) electrons. The van der Waals surface area contributed by atoms with Gasteiger partial charge in [-0.25, -0.2) is 0 Å². The van der Waals surface area contributed by atoms with E-state index in [1.807, 2.05) is 0 Å². The molecule has 9 heteroatoms. The van der Waals surface area contributed by atoms with Crippen molar-refractivity contribution in [3.05, 3.63) is 33.9 Å². The molecule has 0 spiro atoms. The van der Waals surface area contributed by atoms with E-state index in [0.717, 1.165) is 18.2 Å². The molecular formula is C10H7BrF3NO4. The molecule has 0 N–H and O–H groups in total. The summed E-state index contributed by atoms with van der Waals surface area (Å²) in [5, 5.41) is 10.6. The van der Waals surface area contributed by atoms with E-state index in [0.29, 0.717) is 0 Å². The summed E-state index contributed by atoms with van der Waals surface area (Å²) in [4.78, 5) is 21.2. The summed E-state index contributed by atoms with van der Waals surface area (Å²) in [6.07, 6.45) is -5.50. The number of ketones is 1. The van der Waals surface area contributed by atoms with Crippen LogP contribution in [0.3, 0.4) is 0 Å². The van der Waals surface area contributed by atoms with E-state index in [1.54, 1.807) is 0 Å². The highest BCUT2D eigenvalue weighted by Crippen LogP contribution is 2.32. The van der Waals surface area contributed by atoms with E-state index in [1.165, 1.54) is 0 Å². The standard InChI is InChI=1S/C10H7BrF3NO4/c11-5-6(16)4-7-8(15(17)18)2-1-3-9(7)19-10(12,13)14/h1-3H,4-5H2. The fraction of sp³-hybridized carbons (Fsp3) is 0.300. The summed E-state index contributed by atoms with van der Waals surface area (Å²) >= 11 is 2.84. The van der Waals surface area contributed by atoms with Crippen molar-refractivity contribution in [2.24, 2.45) is 0 Å². The molecule has 104 valence electrons. The first-order chi connectivity index (χ1) is 8.74. The molecule has 0 fully saturated rings. The van der Waals surface area contributed by atoms with Gasteiger partial charge in [0.25, 0.3) is 5.69 Å². The van der Waals surface area contributed by atoms with Crippen LogP contribution in [-0.4, -0.2) is 22.4 Å². The zero-order chi connectivity index (χ0) is 14.6. The molecule has 0 saturated carbocycles. The van der Waals surface area contributed by atoms with Crippen LogP contribution >= 0.6 is 15.9 Å². The van der Waals surface area contributed by atoms with Gasteiger partial charge in [-0.05, 0) is 6.07 Å². The molecule has 0 aliphatic heterocycles. The van der Waals surface area contributed by atoms with Crippen molar-refractivity contribution in [3.63, 3.8) is 0 Å². The van der Waals surface area contributed by atoms with Crippen molar-refractivity contribution in [2.75, 3.05) is 5.33 Å². The maximum absolute atomic E-state index is 12.2. The Balaban J connectivity index is 3.25. The summed E-state index contributed by atoms with van der Waals surface area (Å²) in [5.41, 5.74) is -0.981. The Morgan fingerprint density at radius 3 is 2.53 bits per heavy atom. The Kier molecular flexibility index (Phi) is 4.87. The van der Waals surface area contributed by atoms with Crippen molar-refractivity contribution < 1.29 is 27.6 Å². The van der Waals surface area contributed by atoms with Gasteiger partial charge in [0.15, 0.2) is 0 Å². The van der Waals surface area contributed by atoms with Crippen molar-refractivity contribution >= 4 is 27.4 Å². The average molecular weight is 342 g/mol. The molecule has 5 nitrogen and oxygen atoms in total. The maximum Gasteiger partial charge on any atom is 0.573 e. The molecule has 0 atom stereocenters. The predicted molar refractivity (Wildman–Crippen MR) is 62.3 cm³/mol. The monoisotopic (exact) mass is 341 g/mol. The van der Waals surface area contributed by atoms with Crippen LogP contribution in [0.25, 0.3) is 0 Å². The summed E-state index contributed by atoms with van der Waals surface area (Å²) in [7, 11) is 0. The third kappa shape index (κ3) is 4.51. The predicted octanol–water partition coefficient (Wildman–Crippen LogP) is 3.00. The molecule has 0 aliphatic rings. The van der Waals surface area contributed by atoms with E-state index < -0.39 is 40.5 Å². The van der Waals surface area contributed by atoms with Gasteiger partial charge in [-0.3, -0.25) is 14.9 Å². The molecular weight excluding hydrogens is 335 g/mol. The van der Waals surface area contributed by atoms with Gasteiger partial charge in [-0.1, -0.05) is 22.0 Å². The molecule has 0 heterocycles. The van der Waals surface area contributed by atoms with Crippen LogP contribution in [0.5, 0.6) is 5.75 Å². The van der Waals surface area contributed by atoms with Crippen LogP contribution < -0.4 is 4.74 Å². The van der Waals surface area contributed by atoms with E-state index in [9.17, 15) is 28.1 Å². The number of hydrogen-bond donors (Lipinski definition) is 0. The Morgan fingerprint density at radius 2 is 2.05 bits per heavy atom. The van der Waals surface area contributed by atoms with Crippen molar-refractivity contribution in [1.29, 1.82) is 0 Å². The number of alkyl halides is 4. The number of carbonyl (C=O) groups excluding carboxylic acids is 1. The van der Waals surface area contributed by atoms with Crippen LogP contribution in [0, 0.1) is 10.1 Å². The average Bonchev–Trinajstić information content (AvgIpc) is 2.28. The third-order valence-electron chi connectivity index (χ3n) is 2.05. The van der Waals surface area contributed by atoms with Crippen LogP contribution in [-0.2, 0) is 11.2 Å². The third-order valence-corrected chi connectivity index (χ3v) is 2.68. The number of benzene rings is 1. The Bertz CT molecular complexity index is 504. The lowest BCUT2D eigenvalue weighted by atomic mass is 10.1. The SMILES string of the molecule is O=C(CBr)Cc1c(OC(F)(F)F)cccc1[N+](=O)[O-]. The van der Waals surface area contributed by atoms with E-state index in [4.69, 9.17) is 0 Å². The minimum Gasteiger partial charge on any atom is -0.405 e. The summed E-state index contributed by atoms with van der Waals surface area (Å²) < 4.78 is 40.3. The number of Topliss-reactive ketones (excluding diaryl/α,β-unsaturated/α-hetero) is 1. The van der Waals surface area contributed by atoms with Crippen LogP contribution in [0.1, 0.15) is 5.56 Å². The molecule has 0 aromatic heterocycles. The first-order valence-electron chi connectivity index (χ1n) is 4.84. The molecule has 0 bridgehead atoms. The molecule has 0 aliphatic carbocycles. The largest absolute Gasteiger partial charge is 0.573 e. The highest BCUT2D eigenvalue weighted by Gasteiger charge is 2.34. The maximum atomic E-state index is 12.2. The summed E-state index contributed by atoms with van der Waals surface area (Å²) in [6, 6.07) is 3.00. The van der Waals surface area contributed by atoms with Gasteiger partial charge < -0.3 is 4.74 Å². The highest BCUT2D eigenvalue weighted by atomic mass is 79.9. The van der Waals surface area contributed by atoms with Gasteiger partial charge >= 0.3 is 6.36 Å². The number of nitro groups is 1. The number of nitro benzene ring substituents is 1. The highest BCUT2D eigenvalue weighted by molar-refractivity contribution is 9.09. The van der Waals surface area contributed by atoms with Gasteiger partial charge in [0.1, 0.15) is 11.5 Å². The lowest BCUT2D eigenvalue weighted by Gasteiger charge is -2.12. The van der Waals surface area contributed by atoms with E-state index in [-0.39, 0.29) is 5.33 Å².